The molecule has 4 unspecified atom stereocenters. The van der Waals surface area contributed by atoms with Gasteiger partial charge in [0.15, 0.2) is 0 Å². The largest absolute Gasteiger partial charge is 0.392 e. The molecule has 3 heteroatoms. The van der Waals surface area contributed by atoms with Crippen LogP contribution in [0.1, 0.15) is 80.1 Å². The first-order valence-corrected chi connectivity index (χ1v) is 11.2. The minimum Gasteiger partial charge on any atom is -0.392 e. The van der Waals surface area contributed by atoms with Gasteiger partial charge in [0.05, 0.1) is 11.8 Å². The molecule has 0 saturated carbocycles. The van der Waals surface area contributed by atoms with E-state index >= 15 is 0 Å². The SMILES string of the molecule is CCC=CC1CC(C)=C(C)C(C(=O)OC(=O)C2CC(C=CCC)CC(C)=C2C)C1. The Morgan fingerprint density at radius 1 is 0.793 bits per heavy atom. The lowest BCUT2D eigenvalue weighted by Gasteiger charge is -2.31. The van der Waals surface area contributed by atoms with Gasteiger partial charge in [0.2, 0.25) is 0 Å². The van der Waals surface area contributed by atoms with Crippen LogP contribution in [0, 0.1) is 23.7 Å². The number of esters is 2. The van der Waals surface area contributed by atoms with E-state index in [0.717, 1.165) is 49.7 Å². The number of carbonyl (C=O) groups is 2. The van der Waals surface area contributed by atoms with E-state index in [1.165, 1.54) is 11.1 Å². The van der Waals surface area contributed by atoms with Crippen LogP contribution in [0.2, 0.25) is 0 Å². The van der Waals surface area contributed by atoms with Gasteiger partial charge in [0.25, 0.3) is 0 Å². The minimum atomic E-state index is -0.377. The summed E-state index contributed by atoms with van der Waals surface area (Å²) in [7, 11) is 0. The molecule has 0 aromatic carbocycles. The van der Waals surface area contributed by atoms with Gasteiger partial charge < -0.3 is 4.74 Å². The van der Waals surface area contributed by atoms with Gasteiger partial charge >= 0.3 is 11.9 Å². The topological polar surface area (TPSA) is 43.4 Å². The average molecular weight is 399 g/mol. The van der Waals surface area contributed by atoms with Crippen molar-refractivity contribution in [3.8, 4) is 0 Å². The molecule has 160 valence electrons. The summed E-state index contributed by atoms with van der Waals surface area (Å²) in [4.78, 5) is 25.9. The van der Waals surface area contributed by atoms with E-state index in [9.17, 15) is 9.59 Å². The second kappa shape index (κ2) is 10.8. The lowest BCUT2D eigenvalue weighted by molar-refractivity contribution is -0.164. The molecule has 0 amide bonds. The third kappa shape index (κ3) is 6.04. The van der Waals surface area contributed by atoms with Gasteiger partial charge in [-0.25, -0.2) is 0 Å². The van der Waals surface area contributed by atoms with Gasteiger partial charge in [0.1, 0.15) is 0 Å². The fourth-order valence-electron chi connectivity index (χ4n) is 4.57. The molecule has 0 aliphatic heterocycles. The highest BCUT2D eigenvalue weighted by Crippen LogP contribution is 2.38. The van der Waals surface area contributed by atoms with Crippen molar-refractivity contribution >= 4 is 11.9 Å². The first-order valence-electron chi connectivity index (χ1n) is 11.2. The van der Waals surface area contributed by atoms with Gasteiger partial charge in [-0.1, -0.05) is 60.4 Å². The lowest BCUT2D eigenvalue weighted by atomic mass is 9.77. The second-order valence-electron chi connectivity index (χ2n) is 8.84. The molecule has 2 rings (SSSR count). The van der Waals surface area contributed by atoms with Crippen molar-refractivity contribution in [3.05, 3.63) is 46.6 Å². The molecule has 3 nitrogen and oxygen atoms in total. The predicted octanol–water partition coefficient (Wildman–Crippen LogP) is 6.71. The van der Waals surface area contributed by atoms with E-state index in [4.69, 9.17) is 4.74 Å². The summed E-state index contributed by atoms with van der Waals surface area (Å²) >= 11 is 0. The van der Waals surface area contributed by atoms with Crippen LogP contribution in [0.4, 0.5) is 0 Å². The maximum atomic E-state index is 12.9. The second-order valence-corrected chi connectivity index (χ2v) is 8.84. The highest BCUT2D eigenvalue weighted by atomic mass is 16.6. The summed E-state index contributed by atoms with van der Waals surface area (Å²) in [6, 6.07) is 0. The highest BCUT2D eigenvalue weighted by Gasteiger charge is 2.35. The highest BCUT2D eigenvalue weighted by molar-refractivity contribution is 5.90. The Hall–Kier alpha value is -1.90. The first-order chi connectivity index (χ1) is 13.8. The average Bonchev–Trinajstić information content (AvgIpc) is 2.69. The monoisotopic (exact) mass is 398 g/mol. The normalized spacial score (nSPS) is 28.5. The lowest BCUT2D eigenvalue weighted by Crippen LogP contribution is -2.32. The van der Waals surface area contributed by atoms with Crippen molar-refractivity contribution in [2.75, 3.05) is 0 Å². The van der Waals surface area contributed by atoms with Gasteiger partial charge in [0, 0.05) is 0 Å². The molecule has 0 aromatic heterocycles. The van der Waals surface area contributed by atoms with Gasteiger partial charge in [-0.15, -0.1) is 0 Å². The maximum Gasteiger partial charge on any atom is 0.320 e. The third-order valence-electron chi connectivity index (χ3n) is 6.66. The fourth-order valence-corrected chi connectivity index (χ4v) is 4.57. The summed E-state index contributed by atoms with van der Waals surface area (Å²) in [5, 5.41) is 0. The minimum absolute atomic E-state index is 0.316. The van der Waals surface area contributed by atoms with Gasteiger partial charge in [-0.3, -0.25) is 9.59 Å². The van der Waals surface area contributed by atoms with E-state index in [0.29, 0.717) is 11.8 Å². The Kier molecular flexibility index (Phi) is 8.67. The number of allylic oxidation sites excluding steroid dienone is 6. The molecule has 0 N–H and O–H groups in total. The maximum absolute atomic E-state index is 12.9. The van der Waals surface area contributed by atoms with Crippen molar-refractivity contribution < 1.29 is 14.3 Å². The predicted molar refractivity (Wildman–Crippen MR) is 119 cm³/mol. The molecule has 0 aromatic rings. The molecule has 0 fully saturated rings. The van der Waals surface area contributed by atoms with Gasteiger partial charge in [-0.05, 0) is 78.1 Å². The number of hydrogen-bond donors (Lipinski definition) is 0. The van der Waals surface area contributed by atoms with Crippen molar-refractivity contribution in [2.24, 2.45) is 23.7 Å². The van der Waals surface area contributed by atoms with Crippen LogP contribution in [-0.2, 0) is 14.3 Å². The van der Waals surface area contributed by atoms with E-state index in [1.54, 1.807) is 0 Å². The van der Waals surface area contributed by atoms with Crippen LogP contribution in [0.25, 0.3) is 0 Å². The van der Waals surface area contributed by atoms with Crippen LogP contribution in [0.3, 0.4) is 0 Å². The van der Waals surface area contributed by atoms with Crippen LogP contribution < -0.4 is 0 Å². The standard InChI is InChI=1S/C26H38O3/c1-7-9-11-21-13-17(3)19(5)23(15-21)25(27)29-26(28)24-16-22(12-10-8-2)14-18(4)20(24)6/h9-12,21-24H,7-8,13-16H2,1-6H3. The molecule has 0 radical (unpaired) electrons. The van der Waals surface area contributed by atoms with E-state index < -0.39 is 0 Å². The molecule has 0 spiro atoms. The Balaban J connectivity index is 2.11. The van der Waals surface area contributed by atoms with Crippen LogP contribution in [-0.4, -0.2) is 11.9 Å². The zero-order chi connectivity index (χ0) is 21.6. The van der Waals surface area contributed by atoms with Crippen LogP contribution in [0.5, 0.6) is 0 Å². The van der Waals surface area contributed by atoms with Crippen LogP contribution in [0.15, 0.2) is 46.6 Å². The van der Waals surface area contributed by atoms with Crippen molar-refractivity contribution in [1.82, 2.24) is 0 Å². The van der Waals surface area contributed by atoms with Crippen molar-refractivity contribution in [3.63, 3.8) is 0 Å². The van der Waals surface area contributed by atoms with E-state index in [-0.39, 0.29) is 23.8 Å². The molecule has 2 aliphatic rings. The van der Waals surface area contributed by atoms with Crippen LogP contribution >= 0.6 is 0 Å². The first kappa shape index (κ1) is 23.4. The number of ether oxygens (including phenoxy) is 1. The van der Waals surface area contributed by atoms with Crippen molar-refractivity contribution in [2.45, 2.75) is 80.1 Å². The summed E-state index contributed by atoms with van der Waals surface area (Å²) < 4.78 is 5.48. The number of carbonyl (C=O) groups excluding carboxylic acids is 2. The summed E-state index contributed by atoms with van der Waals surface area (Å²) in [6.07, 6.45) is 14.1. The quantitative estimate of drug-likeness (QED) is 0.283. The fraction of sp³-hybridized carbons (Fsp3) is 0.615. The molecule has 0 heterocycles. The third-order valence-corrected chi connectivity index (χ3v) is 6.66. The zero-order valence-corrected chi connectivity index (χ0v) is 19.1. The molecule has 2 aliphatic carbocycles. The molecular weight excluding hydrogens is 360 g/mol. The number of rotatable bonds is 6. The zero-order valence-electron chi connectivity index (χ0n) is 19.1. The summed E-state index contributed by atoms with van der Waals surface area (Å²) in [6.45, 7) is 12.4. The Labute approximate surface area is 177 Å². The Morgan fingerprint density at radius 2 is 1.17 bits per heavy atom. The Bertz CT molecular complexity index is 673. The Morgan fingerprint density at radius 3 is 1.52 bits per heavy atom. The van der Waals surface area contributed by atoms with E-state index in [2.05, 4.69) is 52.0 Å². The van der Waals surface area contributed by atoms with Gasteiger partial charge in [-0.2, -0.15) is 0 Å². The summed E-state index contributed by atoms with van der Waals surface area (Å²) in [5.41, 5.74) is 4.62. The molecular formula is C26H38O3. The summed E-state index contributed by atoms with van der Waals surface area (Å²) in [5.74, 6) is -0.703. The smallest absolute Gasteiger partial charge is 0.320 e. The molecule has 0 bridgehead atoms. The molecule has 0 saturated heterocycles. The van der Waals surface area contributed by atoms with Crippen molar-refractivity contribution in [1.29, 1.82) is 0 Å². The molecule has 29 heavy (non-hydrogen) atoms. The van der Waals surface area contributed by atoms with E-state index in [1.807, 2.05) is 13.8 Å². The molecule has 4 atom stereocenters. The number of hydrogen-bond acceptors (Lipinski definition) is 3.